The van der Waals surface area contributed by atoms with E-state index < -0.39 is 17.9 Å². The van der Waals surface area contributed by atoms with Crippen LogP contribution in [0.1, 0.15) is 12.0 Å². The predicted molar refractivity (Wildman–Crippen MR) is 115 cm³/mol. The highest BCUT2D eigenvalue weighted by atomic mass is 35.5. The summed E-state index contributed by atoms with van der Waals surface area (Å²) in [7, 11) is 0. The number of nitrogens with one attached hydrogen (secondary N) is 3. The molecule has 0 unspecified atom stereocenters. The van der Waals surface area contributed by atoms with Crippen LogP contribution in [0.15, 0.2) is 52.4 Å². The summed E-state index contributed by atoms with van der Waals surface area (Å²) in [6.07, 6.45) is -0.156. The van der Waals surface area contributed by atoms with Gasteiger partial charge in [0.25, 0.3) is 5.91 Å². The zero-order valence-corrected chi connectivity index (χ0v) is 16.9. The van der Waals surface area contributed by atoms with Crippen molar-refractivity contribution < 1.29 is 9.59 Å². The molecular weight excluding hydrogens is 415 g/mol. The molecule has 1 aliphatic rings. The van der Waals surface area contributed by atoms with Crippen LogP contribution in [0.25, 0.3) is 0 Å². The molecule has 8 nitrogen and oxygen atoms in total. The Morgan fingerprint density at radius 3 is 2.52 bits per heavy atom. The number of amides is 2. The summed E-state index contributed by atoms with van der Waals surface area (Å²) in [5.41, 5.74) is 8.18. The van der Waals surface area contributed by atoms with Crippen LogP contribution in [-0.2, 0) is 9.59 Å². The second-order valence-electron chi connectivity index (χ2n) is 6.33. The standard InChI is InChI=1S/C19H18Cl2N6O2/c1-10-2-4-11(5-3-10)24-18(22)27-19-25-15(17(29)26-19)9-16(28)23-12-6-7-13(20)14(21)8-12/h2-8,15H,9H2,1H3,(H,23,28)(H4,22,24,25,26,27,29)/t15-/m1/s1. The molecule has 2 aromatic rings. The van der Waals surface area contributed by atoms with Crippen molar-refractivity contribution in [1.82, 2.24) is 5.32 Å². The number of carbonyl (C=O) groups excluding carboxylic acids is 2. The maximum Gasteiger partial charge on any atom is 0.252 e. The maximum absolute atomic E-state index is 12.2. The fraction of sp³-hybridized carbons (Fsp3) is 0.158. The van der Waals surface area contributed by atoms with Gasteiger partial charge < -0.3 is 16.4 Å². The number of hydrogen-bond donors (Lipinski definition) is 4. The summed E-state index contributed by atoms with van der Waals surface area (Å²) in [6, 6.07) is 11.3. The SMILES string of the molecule is Cc1ccc(NC(N)=NC2=N[C@H](CC(=O)Nc3ccc(Cl)c(Cl)c3)C(=O)N2)cc1. The van der Waals surface area contributed by atoms with E-state index in [0.29, 0.717) is 15.7 Å². The third kappa shape index (κ3) is 5.69. The molecule has 0 bridgehead atoms. The molecular formula is C19H18Cl2N6O2. The van der Waals surface area contributed by atoms with Crippen molar-refractivity contribution in [2.45, 2.75) is 19.4 Å². The van der Waals surface area contributed by atoms with Gasteiger partial charge in [0.05, 0.1) is 16.5 Å². The fourth-order valence-electron chi connectivity index (χ4n) is 2.52. The van der Waals surface area contributed by atoms with Gasteiger partial charge in [0.1, 0.15) is 6.04 Å². The Balaban J connectivity index is 1.60. The average Bonchev–Trinajstić information content (AvgIpc) is 2.98. The van der Waals surface area contributed by atoms with Crippen molar-refractivity contribution in [3.8, 4) is 0 Å². The number of guanidine groups is 2. The fourth-order valence-corrected chi connectivity index (χ4v) is 2.81. The Morgan fingerprint density at radius 2 is 1.83 bits per heavy atom. The highest BCUT2D eigenvalue weighted by Gasteiger charge is 2.28. The van der Waals surface area contributed by atoms with E-state index in [-0.39, 0.29) is 18.3 Å². The van der Waals surface area contributed by atoms with Crippen LogP contribution in [0.5, 0.6) is 0 Å². The van der Waals surface area contributed by atoms with Gasteiger partial charge in [0, 0.05) is 11.4 Å². The normalized spacial score (nSPS) is 16.2. The molecule has 0 aromatic heterocycles. The van der Waals surface area contributed by atoms with Gasteiger partial charge in [0.2, 0.25) is 17.8 Å². The van der Waals surface area contributed by atoms with E-state index in [1.54, 1.807) is 12.1 Å². The zero-order chi connectivity index (χ0) is 21.0. The van der Waals surface area contributed by atoms with Crippen molar-refractivity contribution in [3.63, 3.8) is 0 Å². The molecule has 2 aromatic carbocycles. The summed E-state index contributed by atoms with van der Waals surface area (Å²) in [6.45, 7) is 1.97. The lowest BCUT2D eigenvalue weighted by Gasteiger charge is -2.07. The van der Waals surface area contributed by atoms with Crippen molar-refractivity contribution in [2.75, 3.05) is 10.6 Å². The van der Waals surface area contributed by atoms with Gasteiger partial charge in [0.15, 0.2) is 0 Å². The van der Waals surface area contributed by atoms with Crippen molar-refractivity contribution in [2.24, 2.45) is 15.7 Å². The molecule has 10 heteroatoms. The average molecular weight is 433 g/mol. The summed E-state index contributed by atoms with van der Waals surface area (Å²) in [4.78, 5) is 32.4. The molecule has 150 valence electrons. The third-order valence-corrected chi connectivity index (χ3v) is 4.69. The minimum Gasteiger partial charge on any atom is -0.369 e. The molecule has 0 aliphatic carbocycles. The van der Waals surface area contributed by atoms with Crippen molar-refractivity contribution >= 4 is 58.3 Å². The van der Waals surface area contributed by atoms with Gasteiger partial charge in [-0.15, -0.1) is 0 Å². The van der Waals surface area contributed by atoms with Crippen molar-refractivity contribution in [1.29, 1.82) is 0 Å². The second-order valence-corrected chi connectivity index (χ2v) is 7.14. The first-order valence-corrected chi connectivity index (χ1v) is 9.37. The molecule has 0 saturated heterocycles. The molecule has 0 radical (unpaired) electrons. The first kappa shape index (κ1) is 20.6. The number of aryl methyl sites for hydroxylation is 1. The second kappa shape index (κ2) is 8.93. The smallest absolute Gasteiger partial charge is 0.252 e. The molecule has 1 heterocycles. The molecule has 0 saturated carbocycles. The number of benzene rings is 2. The van der Waals surface area contributed by atoms with Gasteiger partial charge >= 0.3 is 0 Å². The number of carbonyl (C=O) groups is 2. The van der Waals surface area contributed by atoms with Crippen LogP contribution in [-0.4, -0.2) is 29.8 Å². The Morgan fingerprint density at radius 1 is 1.14 bits per heavy atom. The first-order chi connectivity index (χ1) is 13.8. The number of hydrogen-bond acceptors (Lipinski definition) is 4. The van der Waals surface area contributed by atoms with Gasteiger partial charge in [-0.1, -0.05) is 40.9 Å². The Labute approximate surface area is 177 Å². The number of nitrogens with zero attached hydrogens (tertiary/aromatic N) is 2. The van der Waals surface area contributed by atoms with Crippen LogP contribution in [0, 0.1) is 6.92 Å². The van der Waals surface area contributed by atoms with E-state index in [9.17, 15) is 9.59 Å². The zero-order valence-electron chi connectivity index (χ0n) is 15.4. The molecule has 1 aliphatic heterocycles. The summed E-state index contributed by atoms with van der Waals surface area (Å²) in [5.74, 6) is -0.729. The number of aliphatic imine (C=N–C) groups is 2. The topological polar surface area (TPSA) is 121 Å². The molecule has 5 N–H and O–H groups in total. The van der Waals surface area contributed by atoms with E-state index in [0.717, 1.165) is 11.3 Å². The number of nitrogens with two attached hydrogens (primary N) is 1. The van der Waals surface area contributed by atoms with Crippen LogP contribution in [0.3, 0.4) is 0 Å². The van der Waals surface area contributed by atoms with Crippen LogP contribution >= 0.6 is 23.2 Å². The van der Waals surface area contributed by atoms with E-state index in [2.05, 4.69) is 25.9 Å². The summed E-state index contributed by atoms with van der Waals surface area (Å²) >= 11 is 11.8. The number of rotatable bonds is 4. The van der Waals surface area contributed by atoms with Gasteiger partial charge in [-0.2, -0.15) is 4.99 Å². The molecule has 3 rings (SSSR count). The van der Waals surface area contributed by atoms with Gasteiger partial charge in [-0.3, -0.25) is 14.9 Å². The van der Waals surface area contributed by atoms with Crippen LogP contribution in [0.2, 0.25) is 10.0 Å². The lowest BCUT2D eigenvalue weighted by atomic mass is 10.2. The van der Waals surface area contributed by atoms with E-state index in [1.165, 1.54) is 6.07 Å². The van der Waals surface area contributed by atoms with E-state index in [1.807, 2.05) is 31.2 Å². The lowest BCUT2D eigenvalue weighted by molar-refractivity contribution is -0.123. The van der Waals surface area contributed by atoms with Crippen LogP contribution < -0.4 is 21.7 Å². The molecule has 29 heavy (non-hydrogen) atoms. The molecule has 2 amide bonds. The van der Waals surface area contributed by atoms with Crippen LogP contribution in [0.4, 0.5) is 11.4 Å². The molecule has 0 fully saturated rings. The van der Waals surface area contributed by atoms with Gasteiger partial charge in [-0.25, -0.2) is 4.99 Å². The Kier molecular flexibility index (Phi) is 6.36. The minimum atomic E-state index is -0.899. The summed E-state index contributed by atoms with van der Waals surface area (Å²) < 4.78 is 0. The first-order valence-electron chi connectivity index (χ1n) is 8.61. The van der Waals surface area contributed by atoms with Crippen molar-refractivity contribution in [3.05, 3.63) is 58.1 Å². The number of halogens is 2. The molecule has 1 atom stereocenters. The predicted octanol–water partition coefficient (Wildman–Crippen LogP) is 2.91. The molecule has 0 spiro atoms. The minimum absolute atomic E-state index is 0.0412. The highest BCUT2D eigenvalue weighted by Crippen LogP contribution is 2.25. The van der Waals surface area contributed by atoms with Gasteiger partial charge in [-0.05, 0) is 37.3 Å². The van der Waals surface area contributed by atoms with E-state index >= 15 is 0 Å². The lowest BCUT2D eigenvalue weighted by Crippen LogP contribution is -2.32. The highest BCUT2D eigenvalue weighted by molar-refractivity contribution is 6.42. The Hall–Kier alpha value is -3.10. The maximum atomic E-state index is 12.2. The largest absolute Gasteiger partial charge is 0.369 e. The summed E-state index contributed by atoms with van der Waals surface area (Å²) in [5, 5.41) is 8.74. The Bertz CT molecular complexity index is 1000. The monoisotopic (exact) mass is 432 g/mol. The quantitative estimate of drug-likeness (QED) is 0.438. The number of anilines is 2. The third-order valence-electron chi connectivity index (χ3n) is 3.95. The van der Waals surface area contributed by atoms with E-state index in [4.69, 9.17) is 28.9 Å².